The average molecular weight is 341 g/mol. The van der Waals surface area contributed by atoms with E-state index in [-0.39, 0.29) is 5.91 Å². The van der Waals surface area contributed by atoms with Gasteiger partial charge in [0.1, 0.15) is 0 Å². The minimum Gasteiger partial charge on any atom is -0.350 e. The summed E-state index contributed by atoms with van der Waals surface area (Å²) in [6.45, 7) is 3.68. The number of nitrogens with one attached hydrogen (secondary N) is 1. The molecule has 1 atom stereocenters. The summed E-state index contributed by atoms with van der Waals surface area (Å²) in [6, 6.07) is 6.59. The Kier molecular flexibility index (Phi) is 5.48. The molecule has 6 nitrogen and oxygen atoms in total. The highest BCUT2D eigenvalue weighted by molar-refractivity contribution is 5.76. The Hall–Kier alpha value is -2.21. The van der Waals surface area contributed by atoms with Gasteiger partial charge in [0.2, 0.25) is 5.91 Å². The molecule has 2 aromatic rings. The van der Waals surface area contributed by atoms with E-state index in [9.17, 15) is 4.79 Å². The minimum absolute atomic E-state index is 0.0650. The third-order valence-corrected chi connectivity index (χ3v) is 4.92. The summed E-state index contributed by atoms with van der Waals surface area (Å²) in [7, 11) is 4.04. The number of pyridine rings is 1. The normalized spacial score (nSPS) is 17.8. The van der Waals surface area contributed by atoms with Crippen molar-refractivity contribution in [1.82, 2.24) is 25.0 Å². The SMILES string of the molecule is Cc1cc(CCC(=O)NCc2ccnn2C)cc(C2CCCN2C)n1. The Bertz CT molecular complexity index is 739. The zero-order chi connectivity index (χ0) is 17.8. The van der Waals surface area contributed by atoms with Crippen molar-refractivity contribution in [3.63, 3.8) is 0 Å². The van der Waals surface area contributed by atoms with E-state index in [0.29, 0.717) is 19.0 Å². The molecular weight excluding hydrogens is 314 g/mol. The molecule has 1 saturated heterocycles. The molecule has 1 unspecified atom stereocenters. The van der Waals surface area contributed by atoms with Gasteiger partial charge in [0.25, 0.3) is 0 Å². The monoisotopic (exact) mass is 341 g/mol. The summed E-state index contributed by atoms with van der Waals surface area (Å²) in [6.07, 6.45) is 5.36. The second-order valence-electron chi connectivity index (χ2n) is 6.90. The van der Waals surface area contributed by atoms with E-state index in [1.165, 1.54) is 12.0 Å². The van der Waals surface area contributed by atoms with E-state index >= 15 is 0 Å². The molecule has 1 N–H and O–H groups in total. The first kappa shape index (κ1) is 17.6. The van der Waals surface area contributed by atoms with Gasteiger partial charge in [-0.15, -0.1) is 0 Å². The van der Waals surface area contributed by atoms with Crippen molar-refractivity contribution in [2.45, 2.75) is 45.2 Å². The number of aromatic nitrogens is 3. The van der Waals surface area contributed by atoms with Crippen LogP contribution in [0.2, 0.25) is 0 Å². The number of carbonyl (C=O) groups is 1. The second kappa shape index (κ2) is 7.78. The molecule has 134 valence electrons. The van der Waals surface area contributed by atoms with Crippen molar-refractivity contribution in [1.29, 1.82) is 0 Å². The summed E-state index contributed by atoms with van der Waals surface area (Å²) in [5.41, 5.74) is 4.37. The Balaban J connectivity index is 1.56. The van der Waals surface area contributed by atoms with Crippen LogP contribution < -0.4 is 5.32 Å². The average Bonchev–Trinajstić information content (AvgIpc) is 3.18. The van der Waals surface area contributed by atoms with Gasteiger partial charge in [-0.3, -0.25) is 19.4 Å². The summed E-state index contributed by atoms with van der Waals surface area (Å²) < 4.78 is 1.77. The van der Waals surface area contributed by atoms with Crippen LogP contribution in [-0.2, 0) is 24.8 Å². The molecule has 1 aliphatic heterocycles. The lowest BCUT2D eigenvalue weighted by Gasteiger charge is -2.20. The maximum atomic E-state index is 12.1. The number of hydrogen-bond acceptors (Lipinski definition) is 4. The lowest BCUT2D eigenvalue weighted by molar-refractivity contribution is -0.121. The molecule has 3 rings (SSSR count). The summed E-state index contributed by atoms with van der Waals surface area (Å²) in [5.74, 6) is 0.0650. The smallest absolute Gasteiger partial charge is 0.220 e. The van der Waals surface area contributed by atoms with Gasteiger partial charge in [-0.25, -0.2) is 0 Å². The predicted octanol–water partition coefficient (Wildman–Crippen LogP) is 2.14. The quantitative estimate of drug-likeness (QED) is 0.874. The summed E-state index contributed by atoms with van der Waals surface area (Å²) >= 11 is 0. The third-order valence-electron chi connectivity index (χ3n) is 4.92. The Morgan fingerprint density at radius 2 is 2.20 bits per heavy atom. The maximum absolute atomic E-state index is 12.1. The van der Waals surface area contributed by atoms with Crippen molar-refractivity contribution >= 4 is 5.91 Å². The summed E-state index contributed by atoms with van der Waals surface area (Å²) in [5, 5.41) is 7.07. The molecular formula is C19H27N5O. The number of nitrogens with zero attached hydrogens (tertiary/aromatic N) is 4. The molecule has 1 aliphatic rings. The molecule has 3 heterocycles. The van der Waals surface area contributed by atoms with Crippen molar-refractivity contribution in [2.24, 2.45) is 7.05 Å². The van der Waals surface area contributed by atoms with Gasteiger partial charge >= 0.3 is 0 Å². The number of amides is 1. The van der Waals surface area contributed by atoms with Crippen LogP contribution in [0.5, 0.6) is 0 Å². The third kappa shape index (κ3) is 4.45. The van der Waals surface area contributed by atoms with E-state index in [0.717, 1.165) is 36.5 Å². The number of rotatable bonds is 6. The van der Waals surface area contributed by atoms with Crippen LogP contribution in [0.15, 0.2) is 24.4 Å². The first-order valence-electron chi connectivity index (χ1n) is 8.94. The summed E-state index contributed by atoms with van der Waals surface area (Å²) in [4.78, 5) is 19.2. The molecule has 1 amide bonds. The molecule has 0 bridgehead atoms. The van der Waals surface area contributed by atoms with E-state index in [2.05, 4.69) is 34.5 Å². The fourth-order valence-corrected chi connectivity index (χ4v) is 3.48. The van der Waals surface area contributed by atoms with Gasteiger partial charge in [0, 0.05) is 25.4 Å². The van der Waals surface area contributed by atoms with E-state index < -0.39 is 0 Å². The highest BCUT2D eigenvalue weighted by Gasteiger charge is 2.24. The molecule has 0 radical (unpaired) electrons. The fourth-order valence-electron chi connectivity index (χ4n) is 3.48. The topological polar surface area (TPSA) is 63.1 Å². The van der Waals surface area contributed by atoms with Gasteiger partial charge in [-0.05, 0) is 63.5 Å². The van der Waals surface area contributed by atoms with Crippen LogP contribution in [0.25, 0.3) is 0 Å². The van der Waals surface area contributed by atoms with E-state index in [1.54, 1.807) is 10.9 Å². The second-order valence-corrected chi connectivity index (χ2v) is 6.90. The lowest BCUT2D eigenvalue weighted by Crippen LogP contribution is -2.24. The van der Waals surface area contributed by atoms with Crippen LogP contribution >= 0.6 is 0 Å². The molecule has 0 spiro atoms. The number of likely N-dealkylation sites (tertiary alicyclic amines) is 1. The van der Waals surface area contributed by atoms with Crippen LogP contribution in [0.3, 0.4) is 0 Å². The molecule has 2 aromatic heterocycles. The Labute approximate surface area is 149 Å². The molecule has 0 saturated carbocycles. The largest absolute Gasteiger partial charge is 0.350 e. The zero-order valence-corrected chi connectivity index (χ0v) is 15.3. The van der Waals surface area contributed by atoms with Gasteiger partial charge < -0.3 is 5.32 Å². The van der Waals surface area contributed by atoms with Gasteiger partial charge in [0.15, 0.2) is 0 Å². The zero-order valence-electron chi connectivity index (χ0n) is 15.3. The van der Waals surface area contributed by atoms with Crippen LogP contribution in [0, 0.1) is 6.92 Å². The van der Waals surface area contributed by atoms with E-state index in [4.69, 9.17) is 4.98 Å². The maximum Gasteiger partial charge on any atom is 0.220 e. The van der Waals surface area contributed by atoms with Gasteiger partial charge in [-0.2, -0.15) is 5.10 Å². The van der Waals surface area contributed by atoms with Crippen LogP contribution in [-0.4, -0.2) is 39.2 Å². The van der Waals surface area contributed by atoms with Gasteiger partial charge in [-0.1, -0.05) is 0 Å². The van der Waals surface area contributed by atoms with Gasteiger partial charge in [0.05, 0.1) is 24.0 Å². The fraction of sp³-hybridized carbons (Fsp3) is 0.526. The van der Waals surface area contributed by atoms with Crippen molar-refractivity contribution < 1.29 is 4.79 Å². The Morgan fingerprint density at radius 3 is 2.88 bits per heavy atom. The van der Waals surface area contributed by atoms with Crippen LogP contribution in [0.1, 0.15) is 47.9 Å². The lowest BCUT2D eigenvalue weighted by atomic mass is 10.0. The standard InChI is InChI=1S/C19H27N5O/c1-14-11-15(12-17(22-14)18-5-4-10-23(18)2)6-7-19(25)20-13-16-8-9-21-24(16)3/h8-9,11-12,18H,4-7,10,13H2,1-3H3,(H,20,25). The highest BCUT2D eigenvalue weighted by Crippen LogP contribution is 2.29. The first-order chi connectivity index (χ1) is 12.0. The number of aryl methyl sites for hydroxylation is 3. The predicted molar refractivity (Wildman–Crippen MR) is 97.0 cm³/mol. The number of hydrogen-bond donors (Lipinski definition) is 1. The van der Waals surface area contributed by atoms with Crippen LogP contribution in [0.4, 0.5) is 0 Å². The van der Waals surface area contributed by atoms with Crippen molar-refractivity contribution in [2.75, 3.05) is 13.6 Å². The molecule has 0 aromatic carbocycles. The number of carbonyl (C=O) groups excluding carboxylic acids is 1. The molecule has 0 aliphatic carbocycles. The van der Waals surface area contributed by atoms with Crippen molar-refractivity contribution in [3.8, 4) is 0 Å². The highest BCUT2D eigenvalue weighted by atomic mass is 16.1. The van der Waals surface area contributed by atoms with E-state index in [1.807, 2.05) is 20.0 Å². The molecule has 6 heteroatoms. The molecule has 25 heavy (non-hydrogen) atoms. The minimum atomic E-state index is 0.0650. The van der Waals surface area contributed by atoms with Crippen molar-refractivity contribution in [3.05, 3.63) is 47.0 Å². The first-order valence-corrected chi connectivity index (χ1v) is 8.94. The molecule has 1 fully saturated rings. The Morgan fingerprint density at radius 1 is 1.36 bits per heavy atom.